The van der Waals surface area contributed by atoms with E-state index in [1.807, 2.05) is 0 Å². The van der Waals surface area contributed by atoms with E-state index in [1.165, 1.54) is 6.07 Å². The van der Waals surface area contributed by atoms with Crippen molar-refractivity contribution < 1.29 is 13.2 Å². The van der Waals surface area contributed by atoms with Gasteiger partial charge in [0.15, 0.2) is 0 Å². The molecule has 0 bridgehead atoms. The molecule has 1 heterocycles. The maximum Gasteiger partial charge on any atom is 0.264 e. The van der Waals surface area contributed by atoms with Gasteiger partial charge in [0.1, 0.15) is 17.3 Å². The third-order valence-corrected chi connectivity index (χ3v) is 3.86. The smallest absolute Gasteiger partial charge is 0.264 e. The molecule has 0 aliphatic heterocycles. The Kier molecular flexibility index (Phi) is 3.82. The van der Waals surface area contributed by atoms with Crippen LogP contribution in [0.1, 0.15) is 11.1 Å². The Morgan fingerprint density at radius 2 is 2.16 bits per heavy atom. The molecule has 0 atom stereocenters. The minimum absolute atomic E-state index is 0.0157. The van der Waals surface area contributed by atoms with Gasteiger partial charge in [-0.25, -0.2) is 8.42 Å². The molecule has 0 aliphatic rings. The van der Waals surface area contributed by atoms with Crippen molar-refractivity contribution in [1.29, 1.82) is 0 Å². The molecule has 0 unspecified atom stereocenters. The fourth-order valence-corrected chi connectivity index (χ4v) is 2.69. The molecule has 0 radical (unpaired) electrons. The van der Waals surface area contributed by atoms with Crippen molar-refractivity contribution in [1.82, 2.24) is 9.78 Å². The zero-order valence-electron chi connectivity index (χ0n) is 10.5. The normalized spacial score (nSPS) is 11.5. The molecule has 0 saturated heterocycles. The Morgan fingerprint density at radius 3 is 2.74 bits per heavy atom. The number of halogens is 1. The molecule has 0 aliphatic carbocycles. The van der Waals surface area contributed by atoms with Gasteiger partial charge in [0.05, 0.1) is 6.20 Å². The number of ether oxygens (including phenoxy) is 1. The number of aryl methyl sites for hydroxylation is 2. The second-order valence-corrected chi connectivity index (χ2v) is 6.73. The van der Waals surface area contributed by atoms with Crippen LogP contribution in [0, 0.1) is 6.92 Å². The van der Waals surface area contributed by atoms with Crippen LogP contribution in [0.25, 0.3) is 0 Å². The van der Waals surface area contributed by atoms with Crippen LogP contribution in [0.4, 0.5) is 0 Å². The largest absolute Gasteiger partial charge is 0.487 e. The van der Waals surface area contributed by atoms with Crippen LogP contribution in [0.2, 0.25) is 0 Å². The predicted octanol–water partition coefficient (Wildman–Crippen LogP) is 2.24. The zero-order valence-corrected chi connectivity index (χ0v) is 12.1. The first kappa shape index (κ1) is 13.9. The second-order valence-electron chi connectivity index (χ2n) is 4.20. The molecule has 2 aromatic rings. The Balaban J connectivity index is 2.25. The van der Waals surface area contributed by atoms with Crippen molar-refractivity contribution in [3.05, 3.63) is 41.7 Å². The first-order chi connectivity index (χ1) is 8.86. The Morgan fingerprint density at radius 1 is 1.42 bits per heavy atom. The molecule has 1 aromatic carbocycles. The van der Waals surface area contributed by atoms with Crippen LogP contribution in [0.3, 0.4) is 0 Å². The van der Waals surface area contributed by atoms with E-state index in [0.717, 1.165) is 11.1 Å². The monoisotopic (exact) mass is 300 g/mol. The van der Waals surface area contributed by atoms with Crippen molar-refractivity contribution in [3.8, 4) is 5.75 Å². The lowest BCUT2D eigenvalue weighted by molar-refractivity contribution is 0.298. The molecule has 0 fully saturated rings. The highest BCUT2D eigenvalue weighted by molar-refractivity contribution is 8.13. The first-order valence-electron chi connectivity index (χ1n) is 5.52. The Labute approximate surface area is 116 Å². The van der Waals surface area contributed by atoms with Gasteiger partial charge in [-0.15, -0.1) is 0 Å². The summed E-state index contributed by atoms with van der Waals surface area (Å²) in [5.74, 6) is 0.240. The van der Waals surface area contributed by atoms with E-state index in [0.29, 0.717) is 0 Å². The maximum atomic E-state index is 11.5. The van der Waals surface area contributed by atoms with Crippen LogP contribution in [0.15, 0.2) is 35.5 Å². The van der Waals surface area contributed by atoms with Gasteiger partial charge in [0.2, 0.25) is 0 Å². The molecular weight excluding hydrogens is 288 g/mol. The van der Waals surface area contributed by atoms with E-state index >= 15 is 0 Å². The molecule has 0 amide bonds. The standard InChI is InChI=1S/C12H13ClN2O3S/c1-9-3-4-11(12(5-9)19(13,16)17)18-8-10-6-14-15(2)7-10/h3-7H,8H2,1-2H3. The van der Waals surface area contributed by atoms with Gasteiger partial charge in [-0.05, 0) is 24.6 Å². The third-order valence-electron chi connectivity index (χ3n) is 2.51. The van der Waals surface area contributed by atoms with Crippen LogP contribution in [-0.4, -0.2) is 18.2 Å². The summed E-state index contributed by atoms with van der Waals surface area (Å²) < 4.78 is 30.1. The van der Waals surface area contributed by atoms with Crippen molar-refractivity contribution >= 4 is 19.7 Å². The predicted molar refractivity (Wildman–Crippen MR) is 71.8 cm³/mol. The van der Waals surface area contributed by atoms with Gasteiger partial charge in [-0.3, -0.25) is 4.68 Å². The summed E-state index contributed by atoms with van der Waals surface area (Å²) in [6.07, 6.45) is 3.45. The quantitative estimate of drug-likeness (QED) is 0.812. The van der Waals surface area contributed by atoms with E-state index in [4.69, 9.17) is 15.4 Å². The molecule has 2 rings (SSSR count). The van der Waals surface area contributed by atoms with Crippen LogP contribution in [0.5, 0.6) is 5.75 Å². The number of aromatic nitrogens is 2. The van der Waals surface area contributed by atoms with E-state index < -0.39 is 9.05 Å². The Bertz CT molecular complexity index is 695. The highest BCUT2D eigenvalue weighted by atomic mass is 35.7. The summed E-state index contributed by atoms with van der Waals surface area (Å²) in [5.41, 5.74) is 1.65. The number of hydrogen-bond acceptors (Lipinski definition) is 4. The number of rotatable bonds is 4. The maximum absolute atomic E-state index is 11.5. The van der Waals surface area contributed by atoms with Gasteiger partial charge in [0.25, 0.3) is 9.05 Å². The molecular formula is C12H13ClN2O3S. The fraction of sp³-hybridized carbons (Fsp3) is 0.250. The molecule has 19 heavy (non-hydrogen) atoms. The fourth-order valence-electron chi connectivity index (χ4n) is 1.63. The summed E-state index contributed by atoms with van der Waals surface area (Å²) in [7, 11) is 3.36. The molecule has 5 nitrogen and oxygen atoms in total. The molecule has 7 heteroatoms. The highest BCUT2D eigenvalue weighted by Gasteiger charge is 2.17. The topological polar surface area (TPSA) is 61.2 Å². The number of nitrogens with zero attached hydrogens (tertiary/aromatic N) is 2. The molecule has 1 aromatic heterocycles. The molecule has 0 saturated carbocycles. The van der Waals surface area contributed by atoms with Crippen LogP contribution < -0.4 is 4.74 Å². The number of hydrogen-bond donors (Lipinski definition) is 0. The average Bonchev–Trinajstić information content (AvgIpc) is 2.72. The first-order valence-corrected chi connectivity index (χ1v) is 7.83. The summed E-state index contributed by atoms with van der Waals surface area (Å²) in [6, 6.07) is 4.85. The minimum atomic E-state index is -3.83. The third kappa shape index (κ3) is 3.48. The second kappa shape index (κ2) is 5.22. The Hall–Kier alpha value is -1.53. The highest BCUT2D eigenvalue weighted by Crippen LogP contribution is 2.28. The van der Waals surface area contributed by atoms with E-state index in [9.17, 15) is 8.42 Å². The lowest BCUT2D eigenvalue weighted by atomic mass is 10.2. The summed E-state index contributed by atoms with van der Waals surface area (Å²) in [5, 5.41) is 4.01. The van der Waals surface area contributed by atoms with E-state index in [1.54, 1.807) is 43.2 Å². The van der Waals surface area contributed by atoms with Gasteiger partial charge < -0.3 is 4.74 Å². The van der Waals surface area contributed by atoms with Gasteiger partial charge in [-0.2, -0.15) is 5.10 Å². The zero-order chi connectivity index (χ0) is 14.0. The molecule has 0 N–H and O–H groups in total. The van der Waals surface area contributed by atoms with Crippen LogP contribution >= 0.6 is 10.7 Å². The summed E-state index contributed by atoms with van der Waals surface area (Å²) in [6.45, 7) is 2.02. The van der Waals surface area contributed by atoms with Gasteiger partial charge >= 0.3 is 0 Å². The lowest BCUT2D eigenvalue weighted by Crippen LogP contribution is -2.00. The van der Waals surface area contributed by atoms with Crippen molar-refractivity contribution in [2.24, 2.45) is 7.05 Å². The van der Waals surface area contributed by atoms with E-state index in [2.05, 4.69) is 5.10 Å². The summed E-state index contributed by atoms with van der Waals surface area (Å²) >= 11 is 0. The molecule has 0 spiro atoms. The number of benzene rings is 1. The lowest BCUT2D eigenvalue weighted by Gasteiger charge is -2.09. The van der Waals surface area contributed by atoms with Crippen molar-refractivity contribution in [2.45, 2.75) is 18.4 Å². The van der Waals surface area contributed by atoms with Crippen molar-refractivity contribution in [3.63, 3.8) is 0 Å². The minimum Gasteiger partial charge on any atom is -0.487 e. The summed E-state index contributed by atoms with van der Waals surface area (Å²) in [4.78, 5) is -0.0157. The van der Waals surface area contributed by atoms with Crippen molar-refractivity contribution in [2.75, 3.05) is 0 Å². The SMILES string of the molecule is Cc1ccc(OCc2cnn(C)c2)c(S(=O)(=O)Cl)c1. The average molecular weight is 301 g/mol. The van der Waals surface area contributed by atoms with Gasteiger partial charge in [0, 0.05) is 29.5 Å². The van der Waals surface area contributed by atoms with E-state index in [-0.39, 0.29) is 17.3 Å². The molecule has 102 valence electrons. The van der Waals surface area contributed by atoms with Crippen LogP contribution in [-0.2, 0) is 22.7 Å². The van der Waals surface area contributed by atoms with Gasteiger partial charge in [-0.1, -0.05) is 6.07 Å².